The summed E-state index contributed by atoms with van der Waals surface area (Å²) in [6.45, 7) is 4.88. The summed E-state index contributed by atoms with van der Waals surface area (Å²) in [7, 11) is 0. The van der Waals surface area contributed by atoms with E-state index >= 15 is 0 Å². The first-order valence-electron chi connectivity index (χ1n) is 8.95. The van der Waals surface area contributed by atoms with E-state index in [4.69, 9.17) is 16.6 Å². The van der Waals surface area contributed by atoms with Crippen molar-refractivity contribution in [2.24, 2.45) is 0 Å². The number of rotatable bonds is 5. The van der Waals surface area contributed by atoms with E-state index in [2.05, 4.69) is 41.6 Å². The number of hydrogen-bond acceptors (Lipinski definition) is 3. The first kappa shape index (κ1) is 19.0. The molecule has 0 saturated carbocycles. The van der Waals surface area contributed by atoms with E-state index in [1.807, 2.05) is 12.3 Å². The fourth-order valence-corrected chi connectivity index (χ4v) is 4.52. The van der Waals surface area contributed by atoms with Crippen molar-refractivity contribution in [1.29, 1.82) is 0 Å². The Morgan fingerprint density at radius 2 is 2.00 bits per heavy atom. The zero-order valence-electron chi connectivity index (χ0n) is 15.6. The molecule has 142 valence electrons. The van der Waals surface area contributed by atoms with Crippen LogP contribution in [0.3, 0.4) is 0 Å². The molecule has 0 fully saturated rings. The highest BCUT2D eigenvalue weighted by Gasteiger charge is 2.15. The number of benzene rings is 2. The maximum absolute atomic E-state index is 14.2. The van der Waals surface area contributed by atoms with Crippen LogP contribution in [0.2, 0.25) is 5.02 Å². The first-order valence-corrected chi connectivity index (χ1v) is 10.3. The Morgan fingerprint density at radius 1 is 1.14 bits per heavy atom. The zero-order valence-corrected chi connectivity index (χ0v) is 17.2. The van der Waals surface area contributed by atoms with Gasteiger partial charge in [-0.3, -0.25) is 4.98 Å². The highest BCUT2D eigenvalue weighted by atomic mass is 35.5. The summed E-state index contributed by atoms with van der Waals surface area (Å²) in [6, 6.07) is 13.1. The molecule has 0 bridgehead atoms. The molecule has 28 heavy (non-hydrogen) atoms. The third kappa shape index (κ3) is 3.77. The molecule has 0 spiro atoms. The topological polar surface area (TPSA) is 30.7 Å². The summed E-state index contributed by atoms with van der Waals surface area (Å²) in [4.78, 5) is 9.02. The third-order valence-electron chi connectivity index (χ3n) is 4.76. The second kappa shape index (κ2) is 7.94. The zero-order chi connectivity index (χ0) is 19.7. The first-order chi connectivity index (χ1) is 13.5. The molecular formula is C22H19ClFN3S. The van der Waals surface area contributed by atoms with Crippen LogP contribution in [-0.2, 0) is 12.3 Å². The number of thioether (sulfide) groups is 1. The molecule has 0 amide bonds. The number of aromatic nitrogens is 3. The molecule has 0 aliphatic heterocycles. The van der Waals surface area contributed by atoms with Gasteiger partial charge in [-0.1, -0.05) is 53.2 Å². The number of halogens is 2. The van der Waals surface area contributed by atoms with Gasteiger partial charge in [0.15, 0.2) is 5.16 Å². The fourth-order valence-electron chi connectivity index (χ4n) is 3.16. The summed E-state index contributed by atoms with van der Waals surface area (Å²) in [6.07, 6.45) is 3.56. The quantitative estimate of drug-likeness (QED) is 0.367. The fraction of sp³-hybridized carbons (Fsp3) is 0.182. The Hall–Kier alpha value is -2.37. The Bertz CT molecular complexity index is 1140. The lowest BCUT2D eigenvalue weighted by atomic mass is 10.1. The molecular weight excluding hydrogens is 393 g/mol. The molecule has 6 heteroatoms. The predicted molar refractivity (Wildman–Crippen MR) is 114 cm³/mol. The molecule has 4 rings (SSSR count). The van der Waals surface area contributed by atoms with E-state index in [1.54, 1.807) is 18.3 Å². The van der Waals surface area contributed by atoms with Gasteiger partial charge in [-0.2, -0.15) is 0 Å². The summed E-state index contributed by atoms with van der Waals surface area (Å²) in [5.41, 5.74) is 6.01. The van der Waals surface area contributed by atoms with Gasteiger partial charge in [0, 0.05) is 22.5 Å². The van der Waals surface area contributed by atoms with Gasteiger partial charge in [0.05, 0.1) is 23.8 Å². The van der Waals surface area contributed by atoms with E-state index in [0.29, 0.717) is 22.9 Å². The normalized spacial score (nSPS) is 11.3. The summed E-state index contributed by atoms with van der Waals surface area (Å²) in [5, 5.41) is 1.26. The molecule has 0 aliphatic rings. The van der Waals surface area contributed by atoms with Crippen LogP contribution >= 0.6 is 23.4 Å². The van der Waals surface area contributed by atoms with Crippen LogP contribution in [0.1, 0.15) is 22.3 Å². The van der Waals surface area contributed by atoms with E-state index in [-0.39, 0.29) is 5.82 Å². The number of fused-ring (bicyclic) bond motifs is 1. The van der Waals surface area contributed by atoms with E-state index in [9.17, 15) is 4.39 Å². The lowest BCUT2D eigenvalue weighted by Gasteiger charge is -2.12. The van der Waals surface area contributed by atoms with E-state index in [0.717, 1.165) is 16.2 Å². The van der Waals surface area contributed by atoms with Gasteiger partial charge >= 0.3 is 0 Å². The van der Waals surface area contributed by atoms with Crippen molar-refractivity contribution in [2.45, 2.75) is 31.3 Å². The minimum Gasteiger partial charge on any atom is -0.313 e. The smallest absolute Gasteiger partial charge is 0.169 e. The van der Waals surface area contributed by atoms with Gasteiger partial charge in [0.1, 0.15) is 5.82 Å². The number of nitrogens with zero attached hydrogens (tertiary/aromatic N) is 3. The second-order valence-electron chi connectivity index (χ2n) is 6.76. The van der Waals surface area contributed by atoms with Crippen molar-refractivity contribution >= 4 is 34.4 Å². The van der Waals surface area contributed by atoms with Crippen LogP contribution in [0.5, 0.6) is 0 Å². The van der Waals surface area contributed by atoms with Crippen molar-refractivity contribution in [3.8, 4) is 0 Å². The molecule has 0 aliphatic carbocycles. The Kier molecular flexibility index (Phi) is 5.38. The SMILES string of the molecule is Cc1ccc(C)c(Cn2c(SCc3c(F)cccc3Cl)nc3ccncc32)c1. The Morgan fingerprint density at radius 3 is 2.82 bits per heavy atom. The molecule has 4 aromatic rings. The Balaban J connectivity index is 1.72. The van der Waals surface area contributed by atoms with Crippen molar-refractivity contribution in [3.63, 3.8) is 0 Å². The van der Waals surface area contributed by atoms with E-state index in [1.165, 1.54) is 34.5 Å². The van der Waals surface area contributed by atoms with Crippen molar-refractivity contribution in [1.82, 2.24) is 14.5 Å². The lowest BCUT2D eigenvalue weighted by molar-refractivity contribution is 0.617. The summed E-state index contributed by atoms with van der Waals surface area (Å²) < 4.78 is 16.3. The third-order valence-corrected chi connectivity index (χ3v) is 6.11. The van der Waals surface area contributed by atoms with Crippen LogP contribution in [-0.4, -0.2) is 14.5 Å². The minimum absolute atomic E-state index is 0.293. The van der Waals surface area contributed by atoms with Crippen LogP contribution in [0.4, 0.5) is 4.39 Å². The van der Waals surface area contributed by atoms with Crippen LogP contribution in [0.25, 0.3) is 11.0 Å². The van der Waals surface area contributed by atoms with Gasteiger partial charge in [-0.15, -0.1) is 0 Å². The number of aryl methyl sites for hydroxylation is 2. The van der Waals surface area contributed by atoms with Gasteiger partial charge in [-0.25, -0.2) is 9.37 Å². The maximum Gasteiger partial charge on any atom is 0.169 e. The molecule has 0 unspecified atom stereocenters. The van der Waals surface area contributed by atoms with Gasteiger partial charge in [0.2, 0.25) is 0 Å². The lowest BCUT2D eigenvalue weighted by Crippen LogP contribution is -2.04. The van der Waals surface area contributed by atoms with E-state index < -0.39 is 0 Å². The number of hydrogen-bond donors (Lipinski definition) is 0. The van der Waals surface area contributed by atoms with Crippen LogP contribution in [0, 0.1) is 19.7 Å². The monoisotopic (exact) mass is 411 g/mol. The minimum atomic E-state index is -0.293. The molecule has 2 heterocycles. The average Bonchev–Trinajstić information content (AvgIpc) is 3.02. The highest BCUT2D eigenvalue weighted by molar-refractivity contribution is 7.98. The van der Waals surface area contributed by atoms with Crippen LogP contribution in [0.15, 0.2) is 60.0 Å². The summed E-state index contributed by atoms with van der Waals surface area (Å²) >= 11 is 7.67. The molecule has 0 radical (unpaired) electrons. The Labute approximate surface area is 172 Å². The molecule has 3 nitrogen and oxygen atoms in total. The van der Waals surface area contributed by atoms with Gasteiger partial charge in [-0.05, 0) is 43.2 Å². The molecule has 0 atom stereocenters. The van der Waals surface area contributed by atoms with Gasteiger partial charge < -0.3 is 4.57 Å². The van der Waals surface area contributed by atoms with Crippen molar-refractivity contribution in [3.05, 3.63) is 88.0 Å². The van der Waals surface area contributed by atoms with Gasteiger partial charge in [0.25, 0.3) is 0 Å². The average molecular weight is 412 g/mol. The highest BCUT2D eigenvalue weighted by Crippen LogP contribution is 2.31. The second-order valence-corrected chi connectivity index (χ2v) is 8.11. The van der Waals surface area contributed by atoms with Crippen LogP contribution < -0.4 is 0 Å². The standard InChI is InChI=1S/C22H19ClFN3S/c1-14-6-7-15(2)16(10-14)12-27-21-11-25-9-8-20(21)26-22(27)28-13-17-18(23)4-3-5-19(17)24/h3-11H,12-13H2,1-2H3. The van der Waals surface area contributed by atoms with Crippen molar-refractivity contribution < 1.29 is 4.39 Å². The predicted octanol–water partition coefficient (Wildman–Crippen LogP) is 6.18. The summed E-state index contributed by atoms with van der Waals surface area (Å²) in [5.74, 6) is 0.119. The number of imidazole rings is 1. The molecule has 0 N–H and O–H groups in total. The number of pyridine rings is 1. The maximum atomic E-state index is 14.2. The molecule has 2 aromatic carbocycles. The van der Waals surface area contributed by atoms with Crippen molar-refractivity contribution in [2.75, 3.05) is 0 Å². The molecule has 2 aromatic heterocycles. The molecule has 0 saturated heterocycles. The largest absolute Gasteiger partial charge is 0.313 e.